The Hall–Kier alpha value is -1.44. The van der Waals surface area contributed by atoms with Crippen molar-refractivity contribution in [3.8, 4) is 0 Å². The number of carbonyl (C=O) groups is 1. The molecular formula is C26H35NO3. The Morgan fingerprint density at radius 2 is 1.77 bits per heavy atom. The summed E-state index contributed by atoms with van der Waals surface area (Å²) < 4.78 is 12.5. The topological polar surface area (TPSA) is 39.9 Å². The number of rotatable bonds is 2. The molecule has 1 saturated heterocycles. The number of nitrogens with zero attached hydrogens (tertiary/aromatic N) is 1. The predicted molar refractivity (Wildman–Crippen MR) is 115 cm³/mol. The molecule has 162 valence electrons. The van der Waals surface area contributed by atoms with E-state index >= 15 is 0 Å². The van der Waals surface area contributed by atoms with Crippen LogP contribution in [0.2, 0.25) is 0 Å². The minimum atomic E-state index is -0.496. The summed E-state index contributed by atoms with van der Waals surface area (Å²) >= 11 is 0. The van der Waals surface area contributed by atoms with E-state index in [9.17, 15) is 4.79 Å². The SMILES string of the molecule is [C-]#[N+]C1=C[C@@]2(C)C(=CC[C@@H]3[C@@H]2CC[C@@]2(C)[C@H]3CCC23OCCO3)C(CC)(CC)C1=O. The second-order valence-electron chi connectivity index (χ2n) is 10.7. The van der Waals surface area contributed by atoms with Crippen LogP contribution in [0.15, 0.2) is 23.4 Å². The Morgan fingerprint density at radius 3 is 2.40 bits per heavy atom. The number of ketones is 1. The van der Waals surface area contributed by atoms with Crippen LogP contribution >= 0.6 is 0 Å². The van der Waals surface area contributed by atoms with Gasteiger partial charge in [-0.25, -0.2) is 4.85 Å². The lowest BCUT2D eigenvalue weighted by Gasteiger charge is -2.60. The molecule has 5 aliphatic rings. The molecule has 30 heavy (non-hydrogen) atoms. The van der Waals surface area contributed by atoms with Gasteiger partial charge in [0.1, 0.15) is 0 Å². The summed E-state index contributed by atoms with van der Waals surface area (Å²) in [5.74, 6) is 1.29. The van der Waals surface area contributed by atoms with Crippen molar-refractivity contribution in [2.75, 3.05) is 13.2 Å². The molecule has 5 atom stereocenters. The third-order valence-electron chi connectivity index (χ3n) is 10.1. The van der Waals surface area contributed by atoms with Crippen LogP contribution in [0.3, 0.4) is 0 Å². The highest BCUT2D eigenvalue weighted by atomic mass is 16.7. The molecule has 2 saturated carbocycles. The van der Waals surface area contributed by atoms with Crippen LogP contribution < -0.4 is 0 Å². The van der Waals surface area contributed by atoms with E-state index in [4.69, 9.17) is 16.0 Å². The van der Waals surface area contributed by atoms with Gasteiger partial charge in [0.05, 0.1) is 19.8 Å². The molecule has 0 aromatic heterocycles. The summed E-state index contributed by atoms with van der Waals surface area (Å²) in [6, 6.07) is 0. The number of fused-ring (bicyclic) bond motifs is 6. The van der Waals surface area contributed by atoms with Crippen LogP contribution in [0.4, 0.5) is 0 Å². The average molecular weight is 410 g/mol. The van der Waals surface area contributed by atoms with Gasteiger partial charge in [-0.2, -0.15) is 0 Å². The first-order valence-electron chi connectivity index (χ1n) is 12.0. The van der Waals surface area contributed by atoms with Crippen molar-refractivity contribution in [3.05, 3.63) is 34.8 Å². The van der Waals surface area contributed by atoms with Crippen molar-refractivity contribution in [1.82, 2.24) is 0 Å². The van der Waals surface area contributed by atoms with Crippen LogP contribution in [-0.2, 0) is 14.3 Å². The van der Waals surface area contributed by atoms with E-state index in [0.29, 0.717) is 36.7 Å². The molecule has 4 nitrogen and oxygen atoms in total. The highest BCUT2D eigenvalue weighted by molar-refractivity contribution is 6.05. The molecule has 0 aromatic rings. The zero-order valence-electron chi connectivity index (χ0n) is 18.9. The second-order valence-corrected chi connectivity index (χ2v) is 10.7. The van der Waals surface area contributed by atoms with Gasteiger partial charge in [0.15, 0.2) is 11.6 Å². The number of allylic oxidation sites excluding steroid dienone is 4. The monoisotopic (exact) mass is 409 g/mol. The van der Waals surface area contributed by atoms with E-state index in [2.05, 4.69) is 44.7 Å². The Kier molecular flexibility index (Phi) is 4.45. The van der Waals surface area contributed by atoms with E-state index in [1.54, 1.807) is 0 Å². The molecule has 5 rings (SSSR count). The number of Topliss-reactive ketones (excluding diaryl/α,β-unsaturated/α-hetero) is 1. The number of hydrogen-bond acceptors (Lipinski definition) is 3. The number of carbonyl (C=O) groups excluding carboxylic acids is 1. The highest BCUT2D eigenvalue weighted by Gasteiger charge is 2.67. The first-order chi connectivity index (χ1) is 14.3. The minimum Gasteiger partial charge on any atom is -0.347 e. The van der Waals surface area contributed by atoms with Crippen LogP contribution in [0.1, 0.15) is 72.6 Å². The van der Waals surface area contributed by atoms with E-state index in [0.717, 1.165) is 44.9 Å². The molecule has 1 heterocycles. The van der Waals surface area contributed by atoms with Gasteiger partial charge in [0, 0.05) is 22.7 Å². The molecule has 3 fully saturated rings. The van der Waals surface area contributed by atoms with E-state index in [-0.39, 0.29) is 22.4 Å². The second kappa shape index (κ2) is 6.53. The van der Waals surface area contributed by atoms with E-state index < -0.39 is 5.41 Å². The molecule has 4 heteroatoms. The first-order valence-corrected chi connectivity index (χ1v) is 12.0. The van der Waals surface area contributed by atoms with Crippen LogP contribution in [0.25, 0.3) is 4.85 Å². The van der Waals surface area contributed by atoms with Crippen molar-refractivity contribution in [2.45, 2.75) is 78.4 Å². The lowest BCUT2D eigenvalue weighted by atomic mass is 9.45. The summed E-state index contributed by atoms with van der Waals surface area (Å²) in [6.07, 6.45) is 11.4. The molecule has 0 N–H and O–H groups in total. The fourth-order valence-electron chi connectivity index (χ4n) is 8.57. The average Bonchev–Trinajstić information content (AvgIpc) is 3.34. The molecule has 0 bridgehead atoms. The van der Waals surface area contributed by atoms with E-state index in [1.165, 1.54) is 5.57 Å². The van der Waals surface area contributed by atoms with E-state index in [1.807, 2.05) is 0 Å². The lowest BCUT2D eigenvalue weighted by Crippen LogP contribution is -2.56. The summed E-state index contributed by atoms with van der Waals surface area (Å²) in [6.45, 7) is 18.1. The quantitative estimate of drug-likeness (QED) is 0.434. The summed E-state index contributed by atoms with van der Waals surface area (Å²) in [5.41, 5.74) is 1.05. The van der Waals surface area contributed by atoms with Gasteiger partial charge in [-0.15, -0.1) is 0 Å². The maximum atomic E-state index is 13.3. The fraction of sp³-hybridized carbons (Fsp3) is 0.769. The maximum absolute atomic E-state index is 13.3. The molecule has 4 aliphatic carbocycles. The van der Waals surface area contributed by atoms with Gasteiger partial charge in [-0.05, 0) is 56.3 Å². The van der Waals surface area contributed by atoms with Crippen LogP contribution in [0.5, 0.6) is 0 Å². The van der Waals surface area contributed by atoms with Gasteiger partial charge >= 0.3 is 0 Å². The zero-order valence-corrected chi connectivity index (χ0v) is 18.9. The molecule has 0 unspecified atom stereocenters. The normalized spacial score (nSPS) is 43.3. The maximum Gasteiger partial charge on any atom is 0.227 e. The summed E-state index contributed by atoms with van der Waals surface area (Å²) in [5, 5.41) is 0. The van der Waals surface area contributed by atoms with Crippen molar-refractivity contribution in [1.29, 1.82) is 0 Å². The molecule has 1 spiro atoms. The molecule has 0 radical (unpaired) electrons. The van der Waals surface area contributed by atoms with Crippen molar-refractivity contribution in [2.24, 2.45) is 34.0 Å². The molecule has 1 aliphatic heterocycles. The van der Waals surface area contributed by atoms with Gasteiger partial charge in [-0.1, -0.05) is 45.4 Å². The zero-order chi connectivity index (χ0) is 21.4. The van der Waals surface area contributed by atoms with Gasteiger partial charge in [-0.3, -0.25) is 0 Å². The predicted octanol–water partition coefficient (Wildman–Crippen LogP) is 5.70. The largest absolute Gasteiger partial charge is 0.347 e. The van der Waals surface area contributed by atoms with Crippen LogP contribution in [0, 0.1) is 40.6 Å². The Bertz CT molecular complexity index is 869. The van der Waals surface area contributed by atoms with Crippen molar-refractivity contribution < 1.29 is 14.3 Å². The van der Waals surface area contributed by atoms with Crippen molar-refractivity contribution in [3.63, 3.8) is 0 Å². The first kappa shape index (κ1) is 20.5. The fourth-order valence-corrected chi connectivity index (χ4v) is 8.57. The number of hydrogen-bond donors (Lipinski definition) is 0. The number of ether oxygens (including phenoxy) is 2. The Balaban J connectivity index is 1.60. The standard InChI is InChI=1S/C26H35NO3/c1-6-25(7-2)21-9-8-17-18(23(21,3)16-20(27-5)22(25)28)10-12-24(4)19(17)11-13-26(24)29-14-15-30-26/h9,16-19H,6-8,10-15H2,1-4H3/t17-,18+,19+,23-,24+/m1/s1. The summed E-state index contributed by atoms with van der Waals surface area (Å²) in [4.78, 5) is 17.1. The Morgan fingerprint density at radius 1 is 1.10 bits per heavy atom. The minimum absolute atomic E-state index is 0.0536. The smallest absolute Gasteiger partial charge is 0.227 e. The molecule has 0 aromatic carbocycles. The lowest BCUT2D eigenvalue weighted by molar-refractivity contribution is -0.241. The van der Waals surface area contributed by atoms with Gasteiger partial charge < -0.3 is 14.3 Å². The van der Waals surface area contributed by atoms with Gasteiger partial charge in [0.25, 0.3) is 0 Å². The van der Waals surface area contributed by atoms with Gasteiger partial charge in [0.2, 0.25) is 5.70 Å². The summed E-state index contributed by atoms with van der Waals surface area (Å²) in [7, 11) is 0. The molecule has 0 amide bonds. The third-order valence-corrected chi connectivity index (χ3v) is 10.1. The Labute approximate surface area is 180 Å². The third kappa shape index (κ3) is 2.21. The molecular weight excluding hydrogens is 374 g/mol. The highest BCUT2D eigenvalue weighted by Crippen LogP contribution is 2.69. The van der Waals surface area contributed by atoms with Crippen molar-refractivity contribution >= 4 is 5.78 Å². The van der Waals surface area contributed by atoms with Crippen LogP contribution in [-0.4, -0.2) is 24.8 Å².